The molecule has 3 heterocycles. The number of nitrogens with zero attached hydrogens (tertiary/aromatic N) is 3. The fourth-order valence-electron chi connectivity index (χ4n) is 6.94. The molecule has 0 fully saturated rings. The first-order chi connectivity index (χ1) is 24.8. The Morgan fingerprint density at radius 1 is 0.320 bits per heavy atom. The van der Waals surface area contributed by atoms with E-state index in [2.05, 4.69) is 84.9 Å². The number of hydrogen-bond acceptors (Lipinski definition) is 5. The summed E-state index contributed by atoms with van der Waals surface area (Å²) in [4.78, 5) is 15.2. The van der Waals surface area contributed by atoms with Crippen LogP contribution >= 0.6 is 0 Å². The first-order valence-electron chi connectivity index (χ1n) is 16.6. The molecule has 234 valence electrons. The summed E-state index contributed by atoms with van der Waals surface area (Å²) in [5, 5.41) is 4.06. The van der Waals surface area contributed by atoms with Gasteiger partial charge in [-0.2, -0.15) is 0 Å². The van der Waals surface area contributed by atoms with Crippen molar-refractivity contribution in [2.45, 2.75) is 0 Å². The van der Waals surface area contributed by atoms with Crippen LogP contribution in [0.5, 0.6) is 0 Å². The number of benzene rings is 7. The lowest BCUT2D eigenvalue weighted by molar-refractivity contribution is 0.669. The number of furan rings is 2. The van der Waals surface area contributed by atoms with Gasteiger partial charge >= 0.3 is 0 Å². The Bertz CT molecular complexity index is 2850. The fraction of sp³-hybridized carbons (Fsp3) is 0. The van der Waals surface area contributed by atoms with Crippen LogP contribution in [0, 0.1) is 0 Å². The molecule has 0 bridgehead atoms. The van der Waals surface area contributed by atoms with Gasteiger partial charge in [0.1, 0.15) is 22.3 Å². The second-order valence-corrected chi connectivity index (χ2v) is 12.4. The minimum Gasteiger partial charge on any atom is -0.456 e. The van der Waals surface area contributed by atoms with Crippen molar-refractivity contribution in [3.05, 3.63) is 164 Å². The van der Waals surface area contributed by atoms with Gasteiger partial charge in [0.05, 0.1) is 0 Å². The summed E-state index contributed by atoms with van der Waals surface area (Å²) in [5.74, 6) is 1.77. The number of rotatable bonds is 5. The van der Waals surface area contributed by atoms with E-state index in [1.54, 1.807) is 0 Å². The van der Waals surface area contributed by atoms with Crippen molar-refractivity contribution in [3.63, 3.8) is 0 Å². The predicted octanol–water partition coefficient (Wildman–Crippen LogP) is 12.0. The highest BCUT2D eigenvalue weighted by atomic mass is 16.3. The van der Waals surface area contributed by atoms with E-state index in [0.29, 0.717) is 17.5 Å². The summed E-state index contributed by atoms with van der Waals surface area (Å²) in [7, 11) is 0. The van der Waals surface area contributed by atoms with Gasteiger partial charge in [0.2, 0.25) is 0 Å². The van der Waals surface area contributed by atoms with Gasteiger partial charge < -0.3 is 8.83 Å². The summed E-state index contributed by atoms with van der Waals surface area (Å²) < 4.78 is 12.8. The average molecular weight is 642 g/mol. The molecule has 0 radical (unpaired) electrons. The monoisotopic (exact) mass is 641 g/mol. The Morgan fingerprint density at radius 3 is 1.70 bits per heavy atom. The molecule has 0 atom stereocenters. The van der Waals surface area contributed by atoms with Gasteiger partial charge in [-0.25, -0.2) is 15.0 Å². The van der Waals surface area contributed by atoms with E-state index in [4.69, 9.17) is 23.8 Å². The molecule has 5 nitrogen and oxygen atoms in total. The smallest absolute Gasteiger partial charge is 0.164 e. The topological polar surface area (TPSA) is 65.0 Å². The van der Waals surface area contributed by atoms with Crippen molar-refractivity contribution in [1.29, 1.82) is 0 Å². The molecule has 10 rings (SSSR count). The highest BCUT2D eigenvalue weighted by Crippen LogP contribution is 2.41. The van der Waals surface area contributed by atoms with Crippen LogP contribution in [0.3, 0.4) is 0 Å². The molecule has 0 unspecified atom stereocenters. The molecule has 0 N–H and O–H groups in total. The van der Waals surface area contributed by atoms with Crippen LogP contribution in [0.25, 0.3) is 100 Å². The predicted molar refractivity (Wildman–Crippen MR) is 202 cm³/mol. The number of fused-ring (bicyclic) bond motifs is 6. The van der Waals surface area contributed by atoms with Crippen molar-refractivity contribution in [3.8, 4) is 56.4 Å². The van der Waals surface area contributed by atoms with E-state index in [1.807, 2.05) is 78.9 Å². The number of aromatic nitrogens is 3. The van der Waals surface area contributed by atoms with Crippen molar-refractivity contribution < 1.29 is 8.83 Å². The zero-order valence-electron chi connectivity index (χ0n) is 26.7. The first-order valence-corrected chi connectivity index (χ1v) is 16.6. The summed E-state index contributed by atoms with van der Waals surface area (Å²) in [5.41, 5.74) is 10.5. The standard InChI is InChI=1S/C45H27N3O2/c1-3-11-28(12-4-1)29-21-23-30(24-22-29)33-16-9-17-35-41-36(18-10-20-40(41)50-42(33)35)45-47-43(31-13-5-2-6-14-31)46-44(48-45)32-25-26-39-37(27-32)34-15-7-8-19-38(34)49-39/h1-27H. The van der Waals surface area contributed by atoms with Crippen LogP contribution in [0.2, 0.25) is 0 Å². The lowest BCUT2D eigenvalue weighted by Gasteiger charge is -2.09. The van der Waals surface area contributed by atoms with E-state index < -0.39 is 0 Å². The quantitative estimate of drug-likeness (QED) is 0.187. The van der Waals surface area contributed by atoms with E-state index in [9.17, 15) is 0 Å². The van der Waals surface area contributed by atoms with Crippen LogP contribution in [0.15, 0.2) is 173 Å². The maximum atomic E-state index is 6.64. The SMILES string of the molecule is c1ccc(-c2ccc(-c3cccc4c3oc3cccc(-c5nc(-c6ccccc6)nc(-c6ccc7oc8ccccc8c7c6)n5)c34)cc2)cc1. The molecule has 3 aromatic heterocycles. The zero-order chi connectivity index (χ0) is 33.0. The summed E-state index contributed by atoms with van der Waals surface area (Å²) >= 11 is 0. The maximum absolute atomic E-state index is 6.64. The molecule has 0 aliphatic rings. The summed E-state index contributed by atoms with van der Waals surface area (Å²) in [6.07, 6.45) is 0. The van der Waals surface area contributed by atoms with Crippen molar-refractivity contribution in [2.24, 2.45) is 0 Å². The van der Waals surface area contributed by atoms with Crippen LogP contribution < -0.4 is 0 Å². The van der Waals surface area contributed by atoms with Gasteiger partial charge in [-0.05, 0) is 47.0 Å². The first kappa shape index (κ1) is 28.2. The molecule has 0 saturated heterocycles. The largest absolute Gasteiger partial charge is 0.456 e. The Hall–Kier alpha value is -6.85. The average Bonchev–Trinajstić information content (AvgIpc) is 3.77. The lowest BCUT2D eigenvalue weighted by Crippen LogP contribution is -2.00. The molecule has 0 amide bonds. The van der Waals surface area contributed by atoms with E-state index in [0.717, 1.165) is 71.7 Å². The second-order valence-electron chi connectivity index (χ2n) is 12.4. The number of para-hydroxylation sites is 2. The van der Waals surface area contributed by atoms with Crippen LogP contribution in [-0.4, -0.2) is 15.0 Å². The Balaban J connectivity index is 1.15. The highest BCUT2D eigenvalue weighted by Gasteiger charge is 2.20. The van der Waals surface area contributed by atoms with Crippen LogP contribution in [-0.2, 0) is 0 Å². The maximum Gasteiger partial charge on any atom is 0.164 e. The molecule has 0 aliphatic carbocycles. The van der Waals surface area contributed by atoms with Crippen molar-refractivity contribution >= 4 is 43.9 Å². The third-order valence-electron chi connectivity index (χ3n) is 9.37. The molecular formula is C45H27N3O2. The molecule has 0 saturated carbocycles. The molecule has 5 heteroatoms. The Morgan fingerprint density at radius 2 is 0.880 bits per heavy atom. The van der Waals surface area contributed by atoms with Gasteiger partial charge in [-0.1, -0.05) is 133 Å². The minimum absolute atomic E-state index is 0.580. The third-order valence-corrected chi connectivity index (χ3v) is 9.37. The van der Waals surface area contributed by atoms with Crippen molar-refractivity contribution in [2.75, 3.05) is 0 Å². The minimum atomic E-state index is 0.580. The van der Waals surface area contributed by atoms with Crippen molar-refractivity contribution in [1.82, 2.24) is 15.0 Å². The van der Waals surface area contributed by atoms with E-state index in [1.165, 1.54) is 11.1 Å². The summed E-state index contributed by atoms with van der Waals surface area (Å²) in [6, 6.07) is 55.7. The zero-order valence-corrected chi connectivity index (χ0v) is 26.7. The van der Waals surface area contributed by atoms with Gasteiger partial charge in [0, 0.05) is 43.8 Å². The second kappa shape index (κ2) is 11.4. The normalized spacial score (nSPS) is 11.6. The highest BCUT2D eigenvalue weighted by molar-refractivity contribution is 6.15. The van der Waals surface area contributed by atoms with Gasteiger partial charge in [0.15, 0.2) is 17.5 Å². The lowest BCUT2D eigenvalue weighted by atomic mass is 9.98. The fourth-order valence-corrected chi connectivity index (χ4v) is 6.94. The van der Waals surface area contributed by atoms with Crippen LogP contribution in [0.1, 0.15) is 0 Å². The summed E-state index contributed by atoms with van der Waals surface area (Å²) in [6.45, 7) is 0. The molecule has 50 heavy (non-hydrogen) atoms. The molecule has 0 aliphatic heterocycles. The van der Waals surface area contributed by atoms with Gasteiger partial charge in [-0.15, -0.1) is 0 Å². The van der Waals surface area contributed by atoms with Gasteiger partial charge in [-0.3, -0.25) is 0 Å². The number of hydrogen-bond donors (Lipinski definition) is 0. The van der Waals surface area contributed by atoms with Crippen LogP contribution in [0.4, 0.5) is 0 Å². The third kappa shape index (κ3) is 4.67. The Kier molecular flexibility index (Phi) is 6.42. The molecule has 7 aromatic carbocycles. The van der Waals surface area contributed by atoms with Gasteiger partial charge in [0.25, 0.3) is 0 Å². The molecule has 0 spiro atoms. The molecule has 10 aromatic rings. The van der Waals surface area contributed by atoms with E-state index >= 15 is 0 Å². The Labute approximate surface area is 287 Å². The molecular weight excluding hydrogens is 615 g/mol. The van der Waals surface area contributed by atoms with E-state index in [-0.39, 0.29) is 0 Å².